The van der Waals surface area contributed by atoms with Gasteiger partial charge in [0.25, 0.3) is 0 Å². The molecule has 1 aromatic rings. The number of aryl methyl sites for hydroxylation is 1. The first-order valence-electron chi connectivity index (χ1n) is 6.79. The molecular formula is C15H24N2O. The molecule has 18 heavy (non-hydrogen) atoms. The Morgan fingerprint density at radius 2 is 1.83 bits per heavy atom. The van der Waals surface area contributed by atoms with E-state index < -0.39 is 0 Å². The lowest BCUT2D eigenvalue weighted by molar-refractivity contribution is -0.121. The van der Waals surface area contributed by atoms with Gasteiger partial charge in [-0.3, -0.25) is 4.79 Å². The number of carbonyl (C=O) groups excluding carboxylic acids is 1. The Balaban J connectivity index is 2.14. The summed E-state index contributed by atoms with van der Waals surface area (Å²) < 4.78 is 0. The molecule has 1 amide bonds. The van der Waals surface area contributed by atoms with Crippen molar-refractivity contribution in [1.82, 2.24) is 10.2 Å². The average Bonchev–Trinajstić information content (AvgIpc) is 2.42. The van der Waals surface area contributed by atoms with Crippen LogP contribution in [0.15, 0.2) is 30.3 Å². The minimum absolute atomic E-state index is 0.144. The molecule has 0 aliphatic heterocycles. The number of carbonyl (C=O) groups is 1. The van der Waals surface area contributed by atoms with E-state index in [1.807, 2.05) is 18.2 Å². The molecule has 0 unspecified atom stereocenters. The lowest BCUT2D eigenvalue weighted by Crippen LogP contribution is -2.34. The Morgan fingerprint density at radius 3 is 2.44 bits per heavy atom. The quantitative estimate of drug-likeness (QED) is 0.764. The van der Waals surface area contributed by atoms with Crippen LogP contribution in [-0.2, 0) is 11.2 Å². The Morgan fingerprint density at radius 1 is 1.17 bits per heavy atom. The molecule has 3 heteroatoms. The highest BCUT2D eigenvalue weighted by atomic mass is 16.1. The smallest absolute Gasteiger partial charge is 0.220 e. The first-order chi connectivity index (χ1) is 8.76. The molecule has 0 aromatic heterocycles. The number of nitrogens with zero attached hydrogens (tertiary/aromatic N) is 1. The van der Waals surface area contributed by atoms with E-state index in [4.69, 9.17) is 0 Å². The predicted molar refractivity (Wildman–Crippen MR) is 75.6 cm³/mol. The molecule has 1 rings (SSSR count). The Kier molecular flexibility index (Phi) is 7.11. The highest BCUT2D eigenvalue weighted by Gasteiger charge is 2.03. The summed E-state index contributed by atoms with van der Waals surface area (Å²) in [6.07, 6.45) is 1.39. The summed E-state index contributed by atoms with van der Waals surface area (Å²) in [5.74, 6) is 0.144. The highest BCUT2D eigenvalue weighted by molar-refractivity contribution is 5.76. The van der Waals surface area contributed by atoms with Gasteiger partial charge >= 0.3 is 0 Å². The third-order valence-electron chi connectivity index (χ3n) is 3.13. The van der Waals surface area contributed by atoms with Gasteiger partial charge in [0, 0.05) is 19.5 Å². The number of benzene rings is 1. The van der Waals surface area contributed by atoms with Crippen molar-refractivity contribution < 1.29 is 4.79 Å². The normalized spacial score (nSPS) is 10.6. The van der Waals surface area contributed by atoms with Gasteiger partial charge in [0.2, 0.25) is 5.91 Å². The molecule has 0 radical (unpaired) electrons. The first-order valence-corrected chi connectivity index (χ1v) is 6.79. The number of amides is 1. The zero-order valence-corrected chi connectivity index (χ0v) is 11.5. The van der Waals surface area contributed by atoms with Gasteiger partial charge in [0.1, 0.15) is 0 Å². The van der Waals surface area contributed by atoms with E-state index >= 15 is 0 Å². The lowest BCUT2D eigenvalue weighted by Gasteiger charge is -2.17. The third kappa shape index (κ3) is 5.82. The molecule has 0 spiro atoms. The Labute approximate surface area is 110 Å². The Bertz CT molecular complexity index is 334. The maximum Gasteiger partial charge on any atom is 0.220 e. The number of hydrogen-bond acceptors (Lipinski definition) is 2. The van der Waals surface area contributed by atoms with Crippen LogP contribution in [-0.4, -0.2) is 37.0 Å². The van der Waals surface area contributed by atoms with Crippen molar-refractivity contribution in [2.75, 3.05) is 26.2 Å². The maximum atomic E-state index is 11.6. The van der Waals surface area contributed by atoms with Crippen LogP contribution in [0.5, 0.6) is 0 Å². The summed E-state index contributed by atoms with van der Waals surface area (Å²) >= 11 is 0. The van der Waals surface area contributed by atoms with Gasteiger partial charge in [-0.1, -0.05) is 44.2 Å². The van der Waals surface area contributed by atoms with Gasteiger partial charge in [0.15, 0.2) is 0 Å². The van der Waals surface area contributed by atoms with E-state index in [2.05, 4.69) is 36.2 Å². The molecule has 0 bridgehead atoms. The van der Waals surface area contributed by atoms with Crippen LogP contribution >= 0.6 is 0 Å². The van der Waals surface area contributed by atoms with Crippen LogP contribution in [0.25, 0.3) is 0 Å². The summed E-state index contributed by atoms with van der Waals surface area (Å²) in [4.78, 5) is 13.9. The van der Waals surface area contributed by atoms with Crippen molar-refractivity contribution in [2.45, 2.75) is 26.7 Å². The van der Waals surface area contributed by atoms with Crippen LogP contribution < -0.4 is 5.32 Å². The van der Waals surface area contributed by atoms with Crippen molar-refractivity contribution >= 4 is 5.91 Å². The zero-order chi connectivity index (χ0) is 13.2. The molecule has 1 N–H and O–H groups in total. The lowest BCUT2D eigenvalue weighted by atomic mass is 10.1. The average molecular weight is 248 g/mol. The molecule has 1 aromatic carbocycles. The van der Waals surface area contributed by atoms with E-state index in [-0.39, 0.29) is 5.91 Å². The van der Waals surface area contributed by atoms with Gasteiger partial charge in [-0.05, 0) is 25.1 Å². The number of hydrogen-bond donors (Lipinski definition) is 1. The monoisotopic (exact) mass is 248 g/mol. The van der Waals surface area contributed by atoms with Crippen molar-refractivity contribution in [1.29, 1.82) is 0 Å². The summed E-state index contributed by atoms with van der Waals surface area (Å²) in [6, 6.07) is 10.1. The molecule has 0 aliphatic rings. The zero-order valence-electron chi connectivity index (χ0n) is 11.5. The minimum atomic E-state index is 0.144. The predicted octanol–water partition coefficient (Wildman–Crippen LogP) is 2.08. The molecular weight excluding hydrogens is 224 g/mol. The molecule has 0 saturated carbocycles. The SMILES string of the molecule is CCN(CC)CCNC(=O)CCc1ccccc1. The van der Waals surface area contributed by atoms with Crippen molar-refractivity contribution in [3.8, 4) is 0 Å². The van der Waals surface area contributed by atoms with E-state index in [1.54, 1.807) is 0 Å². The van der Waals surface area contributed by atoms with Gasteiger partial charge in [0.05, 0.1) is 0 Å². The Hall–Kier alpha value is -1.35. The van der Waals surface area contributed by atoms with Gasteiger partial charge < -0.3 is 10.2 Å². The van der Waals surface area contributed by atoms with E-state index in [0.29, 0.717) is 6.42 Å². The fraction of sp³-hybridized carbons (Fsp3) is 0.533. The van der Waals surface area contributed by atoms with Gasteiger partial charge in [-0.2, -0.15) is 0 Å². The molecule has 0 aliphatic carbocycles. The van der Waals surface area contributed by atoms with E-state index in [1.165, 1.54) is 5.56 Å². The molecule has 0 heterocycles. The number of nitrogens with one attached hydrogen (secondary N) is 1. The molecule has 3 nitrogen and oxygen atoms in total. The van der Waals surface area contributed by atoms with E-state index in [9.17, 15) is 4.79 Å². The molecule has 0 saturated heterocycles. The molecule has 0 atom stereocenters. The number of rotatable bonds is 8. The summed E-state index contributed by atoms with van der Waals surface area (Å²) in [5, 5.41) is 2.97. The number of likely N-dealkylation sites (N-methyl/N-ethyl adjacent to an activating group) is 1. The van der Waals surface area contributed by atoms with Crippen LogP contribution in [0.4, 0.5) is 0 Å². The standard InChI is InChI=1S/C15H24N2O/c1-3-17(4-2)13-12-16-15(18)11-10-14-8-6-5-7-9-14/h5-9H,3-4,10-13H2,1-2H3,(H,16,18). The summed E-state index contributed by atoms with van der Waals surface area (Å²) in [6.45, 7) is 8.04. The second-order valence-corrected chi connectivity index (χ2v) is 4.36. The fourth-order valence-corrected chi connectivity index (χ4v) is 1.88. The second kappa shape index (κ2) is 8.70. The fourth-order valence-electron chi connectivity index (χ4n) is 1.88. The van der Waals surface area contributed by atoms with Crippen LogP contribution in [0, 0.1) is 0 Å². The van der Waals surface area contributed by atoms with Crippen molar-refractivity contribution in [3.63, 3.8) is 0 Å². The highest BCUT2D eigenvalue weighted by Crippen LogP contribution is 2.01. The third-order valence-corrected chi connectivity index (χ3v) is 3.13. The van der Waals surface area contributed by atoms with Crippen LogP contribution in [0.1, 0.15) is 25.8 Å². The maximum absolute atomic E-state index is 11.6. The summed E-state index contributed by atoms with van der Waals surface area (Å²) in [7, 11) is 0. The second-order valence-electron chi connectivity index (χ2n) is 4.36. The summed E-state index contributed by atoms with van der Waals surface area (Å²) in [5.41, 5.74) is 1.22. The molecule has 100 valence electrons. The van der Waals surface area contributed by atoms with E-state index in [0.717, 1.165) is 32.6 Å². The minimum Gasteiger partial charge on any atom is -0.355 e. The first kappa shape index (κ1) is 14.7. The van der Waals surface area contributed by atoms with Crippen molar-refractivity contribution in [2.24, 2.45) is 0 Å². The molecule has 0 fully saturated rings. The van der Waals surface area contributed by atoms with Crippen LogP contribution in [0.2, 0.25) is 0 Å². The van der Waals surface area contributed by atoms with Gasteiger partial charge in [-0.25, -0.2) is 0 Å². The van der Waals surface area contributed by atoms with Crippen molar-refractivity contribution in [3.05, 3.63) is 35.9 Å². The van der Waals surface area contributed by atoms with Crippen LogP contribution in [0.3, 0.4) is 0 Å². The largest absolute Gasteiger partial charge is 0.355 e. The van der Waals surface area contributed by atoms with Gasteiger partial charge in [-0.15, -0.1) is 0 Å². The topological polar surface area (TPSA) is 32.3 Å².